The summed E-state index contributed by atoms with van der Waals surface area (Å²) in [6.07, 6.45) is -6.40. The number of rotatable bonds is 6. The molecule has 0 aliphatic carbocycles. The molecule has 1 atom stereocenters. The Balaban J connectivity index is 1.37. The van der Waals surface area contributed by atoms with Crippen LogP contribution in [0.5, 0.6) is 5.75 Å². The third kappa shape index (κ3) is 4.62. The molecule has 0 spiro atoms. The number of hydrogen-bond acceptors (Lipinski definition) is 6. The molecule has 2 saturated heterocycles. The molecule has 5 rings (SSSR count). The maximum absolute atomic E-state index is 13.3. The van der Waals surface area contributed by atoms with Crippen LogP contribution in [0.1, 0.15) is 48.0 Å². The van der Waals surface area contributed by atoms with Crippen molar-refractivity contribution in [1.82, 2.24) is 15.1 Å². The maximum atomic E-state index is 13.3. The molecule has 8 nitrogen and oxygen atoms in total. The molecule has 8 heteroatoms. The second-order valence-corrected chi connectivity index (χ2v) is 7.95. The number of amides is 3. The van der Waals surface area contributed by atoms with E-state index < -0.39 is 43.0 Å². The Morgan fingerprint density at radius 3 is 2.61 bits per heavy atom. The standard InChI is InChI=1S/C25H27N3O5/c29-23-9-8-21(24(30)26-23)28-15-20-19(25(28)31)2-1-3-22(20)33-16-18-6-4-17(5-7-18)14-27-10-12-32-13-11-27/h1-7,21H,8-16H2,(H,26,29,30)/t21-/m1/s1/i8D2,9D2,15D2. The van der Waals surface area contributed by atoms with Crippen molar-refractivity contribution in [3.05, 3.63) is 64.7 Å². The zero-order valence-corrected chi connectivity index (χ0v) is 17.8. The van der Waals surface area contributed by atoms with Gasteiger partial charge in [0.1, 0.15) is 18.4 Å². The van der Waals surface area contributed by atoms with Gasteiger partial charge in [0.15, 0.2) is 0 Å². The predicted octanol–water partition coefficient (Wildman–Crippen LogP) is 1.86. The lowest BCUT2D eigenvalue weighted by atomic mass is 10.0. The molecule has 2 fully saturated rings. The zero-order chi connectivity index (χ0) is 28.2. The highest BCUT2D eigenvalue weighted by Gasteiger charge is 2.40. The summed E-state index contributed by atoms with van der Waals surface area (Å²) < 4.78 is 61.0. The summed E-state index contributed by atoms with van der Waals surface area (Å²) in [5, 5.41) is 1.73. The topological polar surface area (TPSA) is 88.2 Å². The molecule has 1 N–H and O–H groups in total. The van der Waals surface area contributed by atoms with E-state index >= 15 is 0 Å². The highest BCUT2D eigenvalue weighted by Crippen LogP contribution is 2.34. The number of fused-ring (bicyclic) bond motifs is 1. The van der Waals surface area contributed by atoms with E-state index in [1.807, 2.05) is 24.3 Å². The van der Waals surface area contributed by atoms with Gasteiger partial charge >= 0.3 is 0 Å². The van der Waals surface area contributed by atoms with Gasteiger partial charge in [0.25, 0.3) is 5.91 Å². The van der Waals surface area contributed by atoms with E-state index in [4.69, 9.17) is 17.7 Å². The van der Waals surface area contributed by atoms with E-state index in [0.29, 0.717) is 18.1 Å². The number of piperidine rings is 1. The smallest absolute Gasteiger partial charge is 0.255 e. The average molecular weight is 456 g/mol. The number of benzene rings is 2. The van der Waals surface area contributed by atoms with Gasteiger partial charge in [-0.25, -0.2) is 0 Å². The first-order valence-corrected chi connectivity index (χ1v) is 10.7. The van der Waals surface area contributed by atoms with Gasteiger partial charge in [-0.05, 0) is 29.6 Å². The quantitative estimate of drug-likeness (QED) is 0.669. The summed E-state index contributed by atoms with van der Waals surface area (Å²) in [6.45, 7) is 1.26. The monoisotopic (exact) mass is 455 g/mol. The van der Waals surface area contributed by atoms with Gasteiger partial charge in [-0.3, -0.25) is 24.6 Å². The molecule has 2 aromatic carbocycles. The number of ether oxygens (including phenoxy) is 2. The first kappa shape index (κ1) is 15.6. The molecule has 0 aromatic heterocycles. The van der Waals surface area contributed by atoms with Gasteiger partial charge in [-0.15, -0.1) is 0 Å². The Labute approximate surface area is 200 Å². The van der Waals surface area contributed by atoms with E-state index in [2.05, 4.69) is 4.90 Å². The summed E-state index contributed by atoms with van der Waals surface area (Å²) in [5.74, 6) is -3.77. The number of nitrogens with zero attached hydrogens (tertiary/aromatic N) is 2. The van der Waals surface area contributed by atoms with Gasteiger partial charge < -0.3 is 14.4 Å². The number of carbonyl (C=O) groups excluding carboxylic acids is 3. The van der Waals surface area contributed by atoms with Gasteiger partial charge in [0, 0.05) is 42.6 Å². The van der Waals surface area contributed by atoms with Crippen LogP contribution in [0.4, 0.5) is 0 Å². The number of morpholine rings is 1. The normalized spacial score (nSPS) is 28.4. The van der Waals surface area contributed by atoms with E-state index in [0.717, 1.165) is 30.8 Å². The van der Waals surface area contributed by atoms with Crippen molar-refractivity contribution in [2.75, 3.05) is 26.3 Å². The number of carbonyl (C=O) groups is 3. The molecule has 2 aromatic rings. The molecule has 0 unspecified atom stereocenters. The van der Waals surface area contributed by atoms with Crippen molar-refractivity contribution in [3.8, 4) is 5.75 Å². The molecule has 3 heterocycles. The molecular weight excluding hydrogens is 422 g/mol. The average Bonchev–Trinajstić information content (AvgIpc) is 3.09. The van der Waals surface area contributed by atoms with Crippen LogP contribution in [0.25, 0.3) is 0 Å². The zero-order valence-electron chi connectivity index (χ0n) is 23.8. The lowest BCUT2D eigenvalue weighted by Crippen LogP contribution is -2.52. The third-order valence-corrected chi connectivity index (χ3v) is 5.70. The fraction of sp³-hybridized carbons (Fsp3) is 0.400. The lowest BCUT2D eigenvalue weighted by Gasteiger charge is -2.29. The van der Waals surface area contributed by atoms with Crippen molar-refractivity contribution < 1.29 is 32.1 Å². The van der Waals surface area contributed by atoms with Crippen LogP contribution in [0.3, 0.4) is 0 Å². The minimum Gasteiger partial charge on any atom is -0.489 e. The van der Waals surface area contributed by atoms with Crippen LogP contribution in [0.15, 0.2) is 42.5 Å². The molecule has 33 heavy (non-hydrogen) atoms. The van der Waals surface area contributed by atoms with Gasteiger partial charge in [0.05, 0.1) is 22.5 Å². The van der Waals surface area contributed by atoms with Crippen LogP contribution in [0.2, 0.25) is 0 Å². The van der Waals surface area contributed by atoms with Gasteiger partial charge in [-0.1, -0.05) is 30.3 Å². The summed E-state index contributed by atoms with van der Waals surface area (Å²) in [6, 6.07) is 9.79. The second kappa shape index (κ2) is 9.33. The van der Waals surface area contributed by atoms with Crippen LogP contribution in [-0.2, 0) is 34.0 Å². The van der Waals surface area contributed by atoms with Crippen molar-refractivity contribution in [2.24, 2.45) is 0 Å². The van der Waals surface area contributed by atoms with E-state index in [1.165, 1.54) is 18.2 Å². The molecule has 3 aliphatic rings. The minimum atomic E-state index is -3.21. The van der Waals surface area contributed by atoms with Crippen molar-refractivity contribution in [1.29, 1.82) is 0 Å². The van der Waals surface area contributed by atoms with Crippen molar-refractivity contribution in [3.63, 3.8) is 0 Å². The largest absolute Gasteiger partial charge is 0.489 e. The first-order valence-electron chi connectivity index (χ1n) is 13.7. The summed E-state index contributed by atoms with van der Waals surface area (Å²) in [5.41, 5.74) is 1.59. The minimum absolute atomic E-state index is 0.0293. The highest BCUT2D eigenvalue weighted by molar-refractivity contribution is 6.05. The lowest BCUT2D eigenvalue weighted by molar-refractivity contribution is -0.136. The SMILES string of the molecule is [2H]C1([2H])c2c(OCc3ccc(CN4CCOCC4)cc3)cccc2C(=O)N1[C@H]1C(=O)NC(=O)C([2H])([2H])C1([2H])[2H]. The highest BCUT2D eigenvalue weighted by atomic mass is 16.5. The van der Waals surface area contributed by atoms with Crippen LogP contribution in [-0.4, -0.2) is 59.9 Å². The fourth-order valence-corrected chi connectivity index (χ4v) is 3.94. The molecule has 3 aliphatic heterocycles. The Morgan fingerprint density at radius 1 is 1.06 bits per heavy atom. The number of hydrogen-bond donors (Lipinski definition) is 1. The predicted molar refractivity (Wildman–Crippen MR) is 119 cm³/mol. The molecule has 0 saturated carbocycles. The number of imide groups is 1. The van der Waals surface area contributed by atoms with E-state index in [9.17, 15) is 14.4 Å². The molecule has 172 valence electrons. The molecule has 0 bridgehead atoms. The molecular formula is C25H27N3O5. The Hall–Kier alpha value is -3.23. The van der Waals surface area contributed by atoms with Crippen molar-refractivity contribution >= 4 is 17.7 Å². The molecule has 3 amide bonds. The van der Waals surface area contributed by atoms with E-state index in [1.54, 1.807) is 5.32 Å². The Morgan fingerprint density at radius 2 is 1.82 bits per heavy atom. The van der Waals surface area contributed by atoms with Crippen molar-refractivity contribution in [2.45, 2.75) is 38.4 Å². The third-order valence-electron chi connectivity index (χ3n) is 5.70. The van der Waals surface area contributed by atoms with E-state index in [-0.39, 0.29) is 23.5 Å². The Bertz CT molecular complexity index is 1310. The van der Waals surface area contributed by atoms with Gasteiger partial charge in [0.2, 0.25) is 11.8 Å². The van der Waals surface area contributed by atoms with Gasteiger partial charge in [-0.2, -0.15) is 0 Å². The summed E-state index contributed by atoms with van der Waals surface area (Å²) in [7, 11) is 0. The maximum Gasteiger partial charge on any atom is 0.255 e. The van der Waals surface area contributed by atoms with Crippen LogP contribution in [0, 0.1) is 0 Å². The van der Waals surface area contributed by atoms with Crippen LogP contribution < -0.4 is 10.1 Å². The second-order valence-electron chi connectivity index (χ2n) is 7.95. The number of nitrogens with one attached hydrogen (secondary N) is 1. The molecule has 0 radical (unpaired) electrons. The Kier molecular flexibility index (Phi) is 4.40. The summed E-state index contributed by atoms with van der Waals surface area (Å²) >= 11 is 0. The fourth-order valence-electron chi connectivity index (χ4n) is 3.94. The van der Waals surface area contributed by atoms with Crippen LogP contribution >= 0.6 is 0 Å². The summed E-state index contributed by atoms with van der Waals surface area (Å²) in [4.78, 5) is 40.7. The first-order chi connectivity index (χ1) is 18.4.